The van der Waals surface area contributed by atoms with Gasteiger partial charge in [0.1, 0.15) is 0 Å². The van der Waals surface area contributed by atoms with Crippen LogP contribution in [0.15, 0.2) is 12.8 Å². The average molecular weight is 140 g/mol. The van der Waals surface area contributed by atoms with Gasteiger partial charge in [0.2, 0.25) is 0 Å². The van der Waals surface area contributed by atoms with E-state index < -0.39 is 0 Å². The minimum atomic E-state index is 1.15. The molecule has 1 saturated heterocycles. The summed E-state index contributed by atoms with van der Waals surface area (Å²) in [6.07, 6.45) is 1.94. The van der Waals surface area contributed by atoms with E-state index in [1.165, 1.54) is 19.6 Å². The Bertz CT molecular complexity index is 104. The SMILES string of the molecule is C=CN1CCN(CC)CC1. The highest BCUT2D eigenvalue weighted by atomic mass is 15.2. The Morgan fingerprint density at radius 1 is 1.30 bits per heavy atom. The zero-order chi connectivity index (χ0) is 7.40. The Labute approximate surface area is 63.1 Å². The monoisotopic (exact) mass is 140 g/mol. The van der Waals surface area contributed by atoms with Gasteiger partial charge in [-0.1, -0.05) is 13.5 Å². The molecule has 10 heavy (non-hydrogen) atoms. The first-order valence-electron chi connectivity index (χ1n) is 3.95. The number of likely N-dealkylation sites (N-methyl/N-ethyl adjacent to an activating group) is 1. The van der Waals surface area contributed by atoms with Crippen molar-refractivity contribution in [3.63, 3.8) is 0 Å². The van der Waals surface area contributed by atoms with Crippen molar-refractivity contribution in [2.24, 2.45) is 0 Å². The Balaban J connectivity index is 2.23. The lowest BCUT2D eigenvalue weighted by Crippen LogP contribution is -2.43. The first-order valence-corrected chi connectivity index (χ1v) is 3.95. The highest BCUT2D eigenvalue weighted by Gasteiger charge is 2.10. The van der Waals surface area contributed by atoms with Gasteiger partial charge in [-0.3, -0.25) is 0 Å². The van der Waals surface area contributed by atoms with Gasteiger partial charge >= 0.3 is 0 Å². The summed E-state index contributed by atoms with van der Waals surface area (Å²) < 4.78 is 0. The highest BCUT2D eigenvalue weighted by molar-refractivity contribution is 4.77. The second-order valence-corrected chi connectivity index (χ2v) is 2.65. The molecule has 0 bridgehead atoms. The van der Waals surface area contributed by atoms with E-state index >= 15 is 0 Å². The minimum absolute atomic E-state index is 1.15. The van der Waals surface area contributed by atoms with Gasteiger partial charge in [0.25, 0.3) is 0 Å². The van der Waals surface area contributed by atoms with Gasteiger partial charge in [-0.05, 0) is 12.7 Å². The molecule has 0 unspecified atom stereocenters. The minimum Gasteiger partial charge on any atom is -0.375 e. The summed E-state index contributed by atoms with van der Waals surface area (Å²) in [5, 5.41) is 0. The zero-order valence-electron chi connectivity index (χ0n) is 6.71. The van der Waals surface area contributed by atoms with Crippen LogP contribution >= 0.6 is 0 Å². The largest absolute Gasteiger partial charge is 0.375 e. The highest BCUT2D eigenvalue weighted by Crippen LogP contribution is 1.99. The second-order valence-electron chi connectivity index (χ2n) is 2.65. The maximum atomic E-state index is 3.74. The van der Waals surface area contributed by atoms with E-state index in [9.17, 15) is 0 Å². The molecule has 0 amide bonds. The lowest BCUT2D eigenvalue weighted by molar-refractivity contribution is 0.176. The maximum absolute atomic E-state index is 3.74. The zero-order valence-corrected chi connectivity index (χ0v) is 6.71. The molecule has 0 saturated carbocycles. The van der Waals surface area contributed by atoms with Crippen molar-refractivity contribution in [1.82, 2.24) is 9.80 Å². The van der Waals surface area contributed by atoms with E-state index in [1.54, 1.807) is 0 Å². The summed E-state index contributed by atoms with van der Waals surface area (Å²) in [5.41, 5.74) is 0. The Morgan fingerprint density at radius 3 is 2.30 bits per heavy atom. The summed E-state index contributed by atoms with van der Waals surface area (Å²) in [4.78, 5) is 4.73. The third kappa shape index (κ3) is 1.74. The molecule has 2 heteroatoms. The summed E-state index contributed by atoms with van der Waals surface area (Å²) >= 11 is 0. The van der Waals surface area contributed by atoms with Crippen LogP contribution in [0, 0.1) is 0 Å². The normalized spacial score (nSPS) is 21.1. The quantitative estimate of drug-likeness (QED) is 0.559. The first-order chi connectivity index (χ1) is 4.86. The number of nitrogens with zero attached hydrogens (tertiary/aromatic N) is 2. The fraction of sp³-hybridized carbons (Fsp3) is 0.750. The van der Waals surface area contributed by atoms with Crippen LogP contribution in [-0.4, -0.2) is 42.5 Å². The molecule has 58 valence electrons. The Hall–Kier alpha value is -0.500. The van der Waals surface area contributed by atoms with Gasteiger partial charge in [-0.15, -0.1) is 0 Å². The van der Waals surface area contributed by atoms with Gasteiger partial charge in [-0.25, -0.2) is 0 Å². The fourth-order valence-corrected chi connectivity index (χ4v) is 1.26. The van der Waals surface area contributed by atoms with E-state index in [4.69, 9.17) is 0 Å². The lowest BCUT2D eigenvalue weighted by Gasteiger charge is -2.32. The molecule has 0 atom stereocenters. The van der Waals surface area contributed by atoms with Crippen LogP contribution in [0.2, 0.25) is 0 Å². The number of hydrogen-bond acceptors (Lipinski definition) is 2. The van der Waals surface area contributed by atoms with Crippen molar-refractivity contribution in [1.29, 1.82) is 0 Å². The fourth-order valence-electron chi connectivity index (χ4n) is 1.26. The van der Waals surface area contributed by atoms with Crippen LogP contribution < -0.4 is 0 Å². The molecule has 0 aromatic rings. The number of piperazine rings is 1. The molecule has 1 heterocycles. The van der Waals surface area contributed by atoms with Crippen LogP contribution in [0.5, 0.6) is 0 Å². The van der Waals surface area contributed by atoms with Crippen LogP contribution in [0.25, 0.3) is 0 Å². The summed E-state index contributed by atoms with van der Waals surface area (Å²) in [6, 6.07) is 0. The van der Waals surface area contributed by atoms with E-state index in [2.05, 4.69) is 23.3 Å². The van der Waals surface area contributed by atoms with Gasteiger partial charge in [-0.2, -0.15) is 0 Å². The number of hydrogen-bond donors (Lipinski definition) is 0. The summed E-state index contributed by atoms with van der Waals surface area (Å²) in [7, 11) is 0. The van der Waals surface area contributed by atoms with Gasteiger partial charge < -0.3 is 9.80 Å². The average Bonchev–Trinajstić information content (AvgIpc) is 2.05. The predicted octanol–water partition coefficient (Wildman–Crippen LogP) is 0.767. The standard InChI is InChI=1S/C8H16N2/c1-3-9-5-7-10(4-2)8-6-9/h3H,1,4-8H2,2H3. The van der Waals surface area contributed by atoms with E-state index in [0.717, 1.165) is 13.1 Å². The molecule has 2 nitrogen and oxygen atoms in total. The van der Waals surface area contributed by atoms with E-state index in [0.29, 0.717) is 0 Å². The van der Waals surface area contributed by atoms with Crippen LogP contribution in [0.3, 0.4) is 0 Å². The van der Waals surface area contributed by atoms with Crippen LogP contribution in [-0.2, 0) is 0 Å². The van der Waals surface area contributed by atoms with Crippen LogP contribution in [0.1, 0.15) is 6.92 Å². The molecule has 0 aliphatic carbocycles. The third-order valence-electron chi connectivity index (χ3n) is 2.11. The second kappa shape index (κ2) is 3.62. The molecule has 1 rings (SSSR count). The molecule has 1 fully saturated rings. The van der Waals surface area contributed by atoms with Gasteiger partial charge in [0.15, 0.2) is 0 Å². The van der Waals surface area contributed by atoms with Crippen LogP contribution in [0.4, 0.5) is 0 Å². The van der Waals surface area contributed by atoms with Gasteiger partial charge in [0, 0.05) is 26.2 Å². The predicted molar refractivity (Wildman–Crippen MR) is 43.9 cm³/mol. The third-order valence-corrected chi connectivity index (χ3v) is 2.11. The molecular weight excluding hydrogens is 124 g/mol. The molecule has 1 aliphatic heterocycles. The van der Waals surface area contributed by atoms with Crippen molar-refractivity contribution in [2.75, 3.05) is 32.7 Å². The summed E-state index contributed by atoms with van der Waals surface area (Å²) in [5.74, 6) is 0. The van der Waals surface area contributed by atoms with Crippen molar-refractivity contribution in [2.45, 2.75) is 6.92 Å². The smallest absolute Gasteiger partial charge is 0.0300 e. The van der Waals surface area contributed by atoms with Crippen molar-refractivity contribution >= 4 is 0 Å². The molecule has 0 aromatic carbocycles. The summed E-state index contributed by atoms with van der Waals surface area (Å²) in [6.45, 7) is 11.8. The molecule has 0 spiro atoms. The number of rotatable bonds is 2. The topological polar surface area (TPSA) is 6.48 Å². The van der Waals surface area contributed by atoms with E-state index in [1.807, 2.05) is 6.20 Å². The maximum Gasteiger partial charge on any atom is 0.0300 e. The molecular formula is C8H16N2. The molecule has 0 radical (unpaired) electrons. The lowest BCUT2D eigenvalue weighted by atomic mass is 10.3. The molecule has 0 aromatic heterocycles. The van der Waals surface area contributed by atoms with Gasteiger partial charge in [0.05, 0.1) is 0 Å². The first kappa shape index (κ1) is 7.61. The van der Waals surface area contributed by atoms with Crippen molar-refractivity contribution in [3.8, 4) is 0 Å². The molecule has 1 aliphatic rings. The Kier molecular flexibility index (Phi) is 2.75. The van der Waals surface area contributed by atoms with E-state index in [-0.39, 0.29) is 0 Å². The van der Waals surface area contributed by atoms with Crippen molar-refractivity contribution in [3.05, 3.63) is 12.8 Å². The van der Waals surface area contributed by atoms with Crippen molar-refractivity contribution < 1.29 is 0 Å². The molecule has 0 N–H and O–H groups in total. The Morgan fingerprint density at radius 2 is 1.90 bits per heavy atom.